The highest BCUT2D eigenvalue weighted by atomic mass is 16.5. The Balaban J connectivity index is 2.71. The lowest BCUT2D eigenvalue weighted by Crippen LogP contribution is -1.94. The summed E-state index contributed by atoms with van der Waals surface area (Å²) in [6, 6.07) is 6.15. The summed E-state index contributed by atoms with van der Waals surface area (Å²) in [7, 11) is 1.68. The Kier molecular flexibility index (Phi) is 2.17. The summed E-state index contributed by atoms with van der Waals surface area (Å²) in [6.45, 7) is 2.57. The van der Waals surface area contributed by atoms with Gasteiger partial charge in [-0.05, 0) is 30.7 Å². The zero-order valence-corrected chi connectivity index (χ0v) is 8.42. The van der Waals surface area contributed by atoms with Gasteiger partial charge in [0.25, 0.3) is 0 Å². The van der Waals surface area contributed by atoms with Gasteiger partial charge >= 0.3 is 0 Å². The highest BCUT2D eigenvalue weighted by molar-refractivity contribution is 5.87. The quantitative estimate of drug-likeness (QED) is 0.760. The van der Waals surface area contributed by atoms with Crippen LogP contribution in [0.3, 0.4) is 0 Å². The predicted octanol–water partition coefficient (Wildman–Crippen LogP) is 1.94. The molecule has 0 spiro atoms. The number of aromatic nitrogens is 1. The highest BCUT2D eigenvalue weighted by Crippen LogP contribution is 2.27. The molecule has 3 heteroatoms. The van der Waals surface area contributed by atoms with E-state index in [-0.39, 0.29) is 0 Å². The molecule has 0 atom stereocenters. The highest BCUT2D eigenvalue weighted by Gasteiger charge is 2.05. The van der Waals surface area contributed by atoms with Crippen LogP contribution in [0, 0.1) is 6.92 Å². The van der Waals surface area contributed by atoms with Crippen molar-refractivity contribution in [1.82, 2.24) is 4.98 Å². The van der Waals surface area contributed by atoms with Crippen molar-refractivity contribution in [3.63, 3.8) is 0 Å². The first-order chi connectivity index (χ1) is 6.74. The van der Waals surface area contributed by atoms with Crippen LogP contribution in [-0.4, -0.2) is 12.1 Å². The smallest absolute Gasteiger partial charge is 0.128 e. The van der Waals surface area contributed by atoms with Crippen LogP contribution in [0.5, 0.6) is 5.75 Å². The first kappa shape index (κ1) is 9.09. The van der Waals surface area contributed by atoms with Gasteiger partial charge in [0.2, 0.25) is 0 Å². The Labute approximate surface area is 82.9 Å². The third kappa shape index (κ3) is 1.36. The van der Waals surface area contributed by atoms with E-state index < -0.39 is 0 Å². The van der Waals surface area contributed by atoms with Crippen LogP contribution in [0.2, 0.25) is 0 Å². The predicted molar refractivity (Wildman–Crippen MR) is 57.5 cm³/mol. The second-order valence-electron chi connectivity index (χ2n) is 3.43. The van der Waals surface area contributed by atoms with Crippen molar-refractivity contribution in [3.8, 4) is 5.75 Å². The molecule has 0 bridgehead atoms. The second kappa shape index (κ2) is 3.35. The third-order valence-electron chi connectivity index (χ3n) is 2.34. The van der Waals surface area contributed by atoms with Crippen molar-refractivity contribution in [1.29, 1.82) is 0 Å². The molecule has 2 aromatic rings. The average Bonchev–Trinajstić information content (AvgIpc) is 2.59. The molecule has 74 valence electrons. The minimum atomic E-state index is 0.525. The number of H-pyrrole nitrogens is 1. The number of hydrogen-bond acceptors (Lipinski definition) is 2. The van der Waals surface area contributed by atoms with Gasteiger partial charge in [-0.3, -0.25) is 0 Å². The van der Waals surface area contributed by atoms with Crippen molar-refractivity contribution in [2.75, 3.05) is 7.11 Å². The van der Waals surface area contributed by atoms with Crippen molar-refractivity contribution >= 4 is 10.9 Å². The number of aromatic amines is 1. The van der Waals surface area contributed by atoms with Crippen molar-refractivity contribution in [3.05, 3.63) is 29.5 Å². The molecule has 2 rings (SSSR count). The summed E-state index contributed by atoms with van der Waals surface area (Å²) >= 11 is 0. The van der Waals surface area contributed by atoms with Gasteiger partial charge in [0, 0.05) is 23.1 Å². The molecule has 0 unspecified atom stereocenters. The van der Waals surface area contributed by atoms with E-state index in [4.69, 9.17) is 10.5 Å². The van der Waals surface area contributed by atoms with E-state index in [0.717, 1.165) is 22.3 Å². The van der Waals surface area contributed by atoms with Crippen molar-refractivity contribution in [2.45, 2.75) is 13.5 Å². The molecule has 0 saturated heterocycles. The fourth-order valence-corrected chi connectivity index (χ4v) is 1.68. The molecule has 0 aliphatic carbocycles. The van der Waals surface area contributed by atoms with Crippen molar-refractivity contribution < 1.29 is 4.74 Å². The number of fused-ring (bicyclic) bond motifs is 1. The van der Waals surface area contributed by atoms with Crippen molar-refractivity contribution in [2.24, 2.45) is 5.73 Å². The minimum absolute atomic E-state index is 0.525. The molecule has 1 aromatic carbocycles. The fraction of sp³-hybridized carbons (Fsp3) is 0.273. The molecule has 3 nitrogen and oxygen atoms in total. The van der Waals surface area contributed by atoms with E-state index in [2.05, 4.69) is 11.1 Å². The second-order valence-corrected chi connectivity index (χ2v) is 3.43. The number of benzene rings is 1. The molecule has 0 fully saturated rings. The first-order valence-electron chi connectivity index (χ1n) is 4.61. The standard InChI is InChI=1S/C11H14N2O/c1-7-3-10-9(11(4-7)14-2)5-8(6-12)13-10/h3-5,13H,6,12H2,1-2H3. The molecule has 0 amide bonds. The Hall–Kier alpha value is -1.48. The number of hydrogen-bond donors (Lipinski definition) is 2. The zero-order valence-electron chi connectivity index (χ0n) is 8.42. The monoisotopic (exact) mass is 190 g/mol. The average molecular weight is 190 g/mol. The molecule has 3 N–H and O–H groups in total. The maximum absolute atomic E-state index is 5.57. The maximum Gasteiger partial charge on any atom is 0.128 e. The van der Waals surface area contributed by atoms with E-state index in [1.54, 1.807) is 7.11 Å². The number of aryl methyl sites for hydroxylation is 1. The van der Waals surface area contributed by atoms with Gasteiger partial charge in [-0.1, -0.05) is 0 Å². The van der Waals surface area contributed by atoms with Crippen LogP contribution >= 0.6 is 0 Å². The molecule has 0 radical (unpaired) electrons. The topological polar surface area (TPSA) is 51.0 Å². The van der Waals surface area contributed by atoms with Crippen LogP contribution in [0.25, 0.3) is 10.9 Å². The van der Waals surface area contributed by atoms with Crippen LogP contribution in [0.1, 0.15) is 11.3 Å². The molecule has 0 aliphatic rings. The molecule has 0 saturated carbocycles. The number of nitrogens with one attached hydrogen (secondary N) is 1. The number of methoxy groups -OCH3 is 1. The van der Waals surface area contributed by atoms with Gasteiger partial charge in [0.15, 0.2) is 0 Å². The van der Waals surface area contributed by atoms with E-state index >= 15 is 0 Å². The molecular formula is C11H14N2O. The summed E-state index contributed by atoms with van der Waals surface area (Å²) in [5.41, 5.74) is 8.87. The lowest BCUT2D eigenvalue weighted by Gasteiger charge is -2.02. The zero-order chi connectivity index (χ0) is 10.1. The van der Waals surface area contributed by atoms with Crippen LogP contribution < -0.4 is 10.5 Å². The summed E-state index contributed by atoms with van der Waals surface area (Å²) in [6.07, 6.45) is 0. The Morgan fingerprint density at radius 3 is 2.79 bits per heavy atom. The van der Waals surface area contributed by atoms with E-state index in [0.29, 0.717) is 6.54 Å². The summed E-state index contributed by atoms with van der Waals surface area (Å²) in [5.74, 6) is 0.899. The summed E-state index contributed by atoms with van der Waals surface area (Å²) in [5, 5.41) is 1.10. The van der Waals surface area contributed by atoms with Crippen LogP contribution in [0.4, 0.5) is 0 Å². The third-order valence-corrected chi connectivity index (χ3v) is 2.34. The number of nitrogens with two attached hydrogens (primary N) is 1. The largest absolute Gasteiger partial charge is 0.496 e. The van der Waals surface area contributed by atoms with E-state index in [1.807, 2.05) is 19.1 Å². The lowest BCUT2D eigenvalue weighted by atomic mass is 10.1. The maximum atomic E-state index is 5.57. The summed E-state index contributed by atoms with van der Waals surface area (Å²) in [4.78, 5) is 3.26. The Bertz CT molecular complexity index is 460. The first-order valence-corrected chi connectivity index (χ1v) is 4.61. The van der Waals surface area contributed by atoms with E-state index in [1.165, 1.54) is 5.56 Å². The SMILES string of the molecule is COc1cc(C)cc2[nH]c(CN)cc12. The fourth-order valence-electron chi connectivity index (χ4n) is 1.68. The van der Waals surface area contributed by atoms with Crippen LogP contribution in [0.15, 0.2) is 18.2 Å². The number of rotatable bonds is 2. The van der Waals surface area contributed by atoms with Gasteiger partial charge in [0.1, 0.15) is 5.75 Å². The van der Waals surface area contributed by atoms with Gasteiger partial charge in [0.05, 0.1) is 7.11 Å². The lowest BCUT2D eigenvalue weighted by molar-refractivity contribution is 0.419. The van der Waals surface area contributed by atoms with Gasteiger partial charge in [-0.25, -0.2) is 0 Å². The van der Waals surface area contributed by atoms with Gasteiger partial charge in [-0.2, -0.15) is 0 Å². The minimum Gasteiger partial charge on any atom is -0.496 e. The van der Waals surface area contributed by atoms with Gasteiger partial charge in [-0.15, -0.1) is 0 Å². The summed E-state index contributed by atoms with van der Waals surface area (Å²) < 4.78 is 5.31. The number of ether oxygens (including phenoxy) is 1. The van der Waals surface area contributed by atoms with Crippen LogP contribution in [-0.2, 0) is 6.54 Å². The molecule has 1 aromatic heterocycles. The molecule has 0 aliphatic heterocycles. The van der Waals surface area contributed by atoms with E-state index in [9.17, 15) is 0 Å². The molecule has 1 heterocycles. The Morgan fingerprint density at radius 2 is 2.14 bits per heavy atom. The normalized spacial score (nSPS) is 10.8. The Morgan fingerprint density at radius 1 is 1.36 bits per heavy atom. The molecular weight excluding hydrogens is 176 g/mol. The molecule has 14 heavy (non-hydrogen) atoms. The van der Waals surface area contributed by atoms with Gasteiger partial charge < -0.3 is 15.5 Å².